The molecule has 0 saturated heterocycles. The van der Waals surface area contributed by atoms with E-state index in [-0.39, 0.29) is 17.7 Å². The van der Waals surface area contributed by atoms with Crippen molar-refractivity contribution in [2.24, 2.45) is 5.92 Å². The fraction of sp³-hybridized carbons (Fsp3) is 0.333. The van der Waals surface area contributed by atoms with Crippen LogP contribution in [0.2, 0.25) is 0 Å². The van der Waals surface area contributed by atoms with Crippen LogP contribution in [-0.2, 0) is 13.0 Å². The van der Waals surface area contributed by atoms with Gasteiger partial charge < -0.3 is 8.94 Å². The molecule has 0 saturated carbocycles. The van der Waals surface area contributed by atoms with Crippen LogP contribution in [-0.4, -0.2) is 19.7 Å². The van der Waals surface area contributed by atoms with Crippen molar-refractivity contribution < 1.29 is 8.94 Å². The molecule has 3 aromatic heterocycles. The van der Waals surface area contributed by atoms with E-state index in [4.69, 9.17) is 8.94 Å². The molecule has 0 aliphatic carbocycles. The van der Waals surface area contributed by atoms with Crippen LogP contribution < -0.4 is 5.56 Å². The maximum atomic E-state index is 12.7. The van der Waals surface area contributed by atoms with E-state index < -0.39 is 0 Å². The second-order valence-corrected chi connectivity index (χ2v) is 6.49. The molecule has 0 radical (unpaired) electrons. The Morgan fingerprint density at radius 1 is 1.24 bits per heavy atom. The molecule has 0 N–H and O–H groups in total. The molecule has 0 aliphatic rings. The highest BCUT2D eigenvalue weighted by Crippen LogP contribution is 2.24. The Morgan fingerprint density at radius 2 is 2.08 bits per heavy atom. The van der Waals surface area contributed by atoms with E-state index in [0.29, 0.717) is 28.7 Å². The molecule has 7 nitrogen and oxygen atoms in total. The molecule has 0 aliphatic heterocycles. The topological polar surface area (TPSA) is 87.0 Å². The van der Waals surface area contributed by atoms with Gasteiger partial charge in [0.2, 0.25) is 11.5 Å². The zero-order chi connectivity index (χ0) is 17.4. The zero-order valence-electron chi connectivity index (χ0n) is 14.1. The lowest BCUT2D eigenvalue weighted by molar-refractivity contribution is 0.363. The predicted octanol–water partition coefficient (Wildman–Crippen LogP) is 3.16. The first-order valence-electron chi connectivity index (χ1n) is 8.30. The predicted molar refractivity (Wildman–Crippen MR) is 92.3 cm³/mol. The second-order valence-electron chi connectivity index (χ2n) is 6.49. The van der Waals surface area contributed by atoms with E-state index in [9.17, 15) is 4.79 Å². The van der Waals surface area contributed by atoms with Gasteiger partial charge >= 0.3 is 0 Å². The van der Waals surface area contributed by atoms with Crippen molar-refractivity contribution in [1.29, 1.82) is 0 Å². The number of hydrogen-bond acceptors (Lipinski definition) is 6. The Bertz CT molecular complexity index is 1090. The van der Waals surface area contributed by atoms with Gasteiger partial charge in [-0.3, -0.25) is 9.36 Å². The highest BCUT2D eigenvalue weighted by molar-refractivity contribution is 6.01. The molecule has 0 spiro atoms. The molecule has 0 fully saturated rings. The summed E-state index contributed by atoms with van der Waals surface area (Å²) in [5.41, 5.74) is 1.19. The van der Waals surface area contributed by atoms with Gasteiger partial charge in [0.15, 0.2) is 5.82 Å². The molecular formula is C18H18N4O3. The van der Waals surface area contributed by atoms with Gasteiger partial charge in [0, 0.05) is 11.8 Å². The molecule has 3 heterocycles. The summed E-state index contributed by atoms with van der Waals surface area (Å²) < 4.78 is 12.3. The van der Waals surface area contributed by atoms with Gasteiger partial charge in [-0.15, -0.1) is 0 Å². The molecule has 0 bridgehead atoms. The van der Waals surface area contributed by atoms with E-state index >= 15 is 0 Å². The molecule has 0 amide bonds. The fourth-order valence-electron chi connectivity index (χ4n) is 2.75. The summed E-state index contributed by atoms with van der Waals surface area (Å²) in [7, 11) is 0. The molecule has 128 valence electrons. The summed E-state index contributed by atoms with van der Waals surface area (Å²) in [6.07, 6.45) is 3.24. The largest absolute Gasteiger partial charge is 0.448 e. The van der Waals surface area contributed by atoms with Crippen LogP contribution in [0.25, 0.3) is 22.1 Å². The number of benzene rings is 1. The smallest absolute Gasteiger partial charge is 0.297 e. The Hall–Kier alpha value is -2.96. The fourth-order valence-corrected chi connectivity index (χ4v) is 2.75. The molecule has 0 unspecified atom stereocenters. The van der Waals surface area contributed by atoms with E-state index in [1.165, 1.54) is 10.9 Å². The lowest BCUT2D eigenvalue weighted by Crippen LogP contribution is -2.20. The number of fused-ring (bicyclic) bond motifs is 3. The Morgan fingerprint density at radius 3 is 2.92 bits per heavy atom. The van der Waals surface area contributed by atoms with Crippen molar-refractivity contribution in [3.8, 4) is 0 Å². The van der Waals surface area contributed by atoms with Gasteiger partial charge in [-0.25, -0.2) is 4.98 Å². The summed E-state index contributed by atoms with van der Waals surface area (Å²) in [5, 5.41) is 4.79. The van der Waals surface area contributed by atoms with Crippen LogP contribution in [0.4, 0.5) is 0 Å². The van der Waals surface area contributed by atoms with E-state index in [0.717, 1.165) is 18.2 Å². The van der Waals surface area contributed by atoms with Gasteiger partial charge in [0.1, 0.15) is 17.6 Å². The van der Waals surface area contributed by atoms with Gasteiger partial charge in [-0.2, -0.15) is 4.98 Å². The normalized spacial score (nSPS) is 11.8. The standard InChI is InChI=1S/C18H18N4O3/c1-11(2)7-8-14-20-15(25-21-14)9-22-10-19-16-12-5-3-4-6-13(12)24-17(16)18(22)23/h3-6,10-11H,7-9H2,1-2H3. The summed E-state index contributed by atoms with van der Waals surface area (Å²) in [6, 6.07) is 7.46. The minimum Gasteiger partial charge on any atom is -0.448 e. The maximum Gasteiger partial charge on any atom is 0.297 e. The van der Waals surface area contributed by atoms with E-state index in [1.807, 2.05) is 24.3 Å². The Balaban J connectivity index is 1.65. The quantitative estimate of drug-likeness (QED) is 0.555. The number of aryl methyl sites for hydroxylation is 1. The lowest BCUT2D eigenvalue weighted by atomic mass is 10.1. The first kappa shape index (κ1) is 15.6. The SMILES string of the molecule is CC(C)CCc1noc(Cn2cnc3c(oc4ccccc43)c2=O)n1. The average molecular weight is 338 g/mol. The summed E-state index contributed by atoms with van der Waals surface area (Å²) in [4.78, 5) is 21.4. The minimum absolute atomic E-state index is 0.174. The molecule has 0 atom stereocenters. The monoisotopic (exact) mass is 338 g/mol. The van der Waals surface area contributed by atoms with Crippen LogP contribution in [0, 0.1) is 5.92 Å². The minimum atomic E-state index is -0.261. The van der Waals surface area contributed by atoms with Gasteiger partial charge in [-0.05, 0) is 24.5 Å². The second kappa shape index (κ2) is 6.16. The third-order valence-electron chi connectivity index (χ3n) is 4.11. The summed E-state index contributed by atoms with van der Waals surface area (Å²) in [6.45, 7) is 4.47. The summed E-state index contributed by atoms with van der Waals surface area (Å²) in [5.74, 6) is 1.62. The Kier molecular flexibility index (Phi) is 3.83. The molecule has 1 aromatic carbocycles. The zero-order valence-corrected chi connectivity index (χ0v) is 14.1. The van der Waals surface area contributed by atoms with Crippen molar-refractivity contribution in [1.82, 2.24) is 19.7 Å². The number of hydrogen-bond donors (Lipinski definition) is 0. The highest BCUT2D eigenvalue weighted by Gasteiger charge is 2.15. The van der Waals surface area contributed by atoms with Crippen molar-refractivity contribution in [3.05, 3.63) is 52.7 Å². The lowest BCUT2D eigenvalue weighted by Gasteiger charge is -2.00. The maximum absolute atomic E-state index is 12.7. The third-order valence-corrected chi connectivity index (χ3v) is 4.11. The van der Waals surface area contributed by atoms with Crippen LogP contribution in [0.5, 0.6) is 0 Å². The van der Waals surface area contributed by atoms with Crippen LogP contribution in [0.15, 0.2) is 44.3 Å². The van der Waals surface area contributed by atoms with Gasteiger partial charge in [0.05, 0.1) is 6.33 Å². The number of nitrogens with zero attached hydrogens (tertiary/aromatic N) is 4. The molecule has 4 aromatic rings. The van der Waals surface area contributed by atoms with Crippen molar-refractivity contribution in [2.45, 2.75) is 33.2 Å². The van der Waals surface area contributed by atoms with Crippen molar-refractivity contribution in [3.63, 3.8) is 0 Å². The molecule has 7 heteroatoms. The summed E-state index contributed by atoms with van der Waals surface area (Å²) >= 11 is 0. The molecular weight excluding hydrogens is 320 g/mol. The van der Waals surface area contributed by atoms with Crippen LogP contribution >= 0.6 is 0 Å². The van der Waals surface area contributed by atoms with E-state index in [1.54, 1.807) is 0 Å². The van der Waals surface area contributed by atoms with Crippen LogP contribution in [0.1, 0.15) is 32.0 Å². The van der Waals surface area contributed by atoms with Crippen molar-refractivity contribution in [2.75, 3.05) is 0 Å². The Labute approximate surface area is 143 Å². The van der Waals surface area contributed by atoms with Gasteiger partial charge in [-0.1, -0.05) is 31.1 Å². The number of rotatable bonds is 5. The first-order valence-corrected chi connectivity index (χ1v) is 8.30. The molecule has 25 heavy (non-hydrogen) atoms. The third kappa shape index (κ3) is 2.93. The van der Waals surface area contributed by atoms with E-state index in [2.05, 4.69) is 29.0 Å². The number of para-hydroxylation sites is 1. The van der Waals surface area contributed by atoms with Crippen LogP contribution in [0.3, 0.4) is 0 Å². The van der Waals surface area contributed by atoms with Crippen molar-refractivity contribution >= 4 is 22.1 Å². The van der Waals surface area contributed by atoms with Gasteiger partial charge in [0.25, 0.3) is 5.56 Å². The number of aromatic nitrogens is 4. The molecule has 4 rings (SSSR count). The first-order chi connectivity index (χ1) is 12.1. The number of furan rings is 1. The average Bonchev–Trinajstić information content (AvgIpc) is 3.20. The highest BCUT2D eigenvalue weighted by atomic mass is 16.5.